The molecule has 2 rings (SSSR count). The fourth-order valence-electron chi connectivity index (χ4n) is 2.13. The summed E-state index contributed by atoms with van der Waals surface area (Å²) < 4.78 is 50.3. The maximum absolute atomic E-state index is 13.6. The van der Waals surface area contributed by atoms with Crippen molar-refractivity contribution in [2.24, 2.45) is 5.16 Å². The molecular weight excluding hydrogens is 377 g/mol. The van der Waals surface area contributed by atoms with Gasteiger partial charge >= 0.3 is 0 Å². The first-order chi connectivity index (χ1) is 13.4. The van der Waals surface area contributed by atoms with Crippen molar-refractivity contribution in [3.63, 3.8) is 0 Å². The maximum Gasteiger partial charge on any atom is 0.268 e. The highest BCUT2D eigenvalue weighted by molar-refractivity contribution is 5.94. The van der Waals surface area contributed by atoms with E-state index in [1.54, 1.807) is 18.2 Å². The summed E-state index contributed by atoms with van der Waals surface area (Å²) >= 11 is 0. The van der Waals surface area contributed by atoms with Crippen molar-refractivity contribution in [1.82, 2.24) is 0 Å². The Morgan fingerprint density at radius 2 is 1.93 bits per heavy atom. The first kappa shape index (κ1) is 21.1. The number of carbonyl (C=O) groups is 1. The fourth-order valence-corrected chi connectivity index (χ4v) is 2.13. The predicted molar refractivity (Wildman–Crippen MR) is 97.2 cm³/mol. The lowest BCUT2D eigenvalue weighted by Gasteiger charge is -2.12. The van der Waals surface area contributed by atoms with Gasteiger partial charge in [0.25, 0.3) is 5.91 Å². The van der Waals surface area contributed by atoms with E-state index in [2.05, 4.69) is 10.5 Å². The standard InChI is InChI=1S/C19H19F3N2O4/c1-4-27-15-8-5-12(9-16(15)26-3)10-23-28-11(2)19(25)24-14-7-6-13(20)17(21)18(14)22/h5-11H,4H2,1-3H3,(H,24,25)/b23-10-/t11-/m1/s1. The number of carbonyl (C=O) groups excluding carboxylic acids is 1. The number of methoxy groups -OCH3 is 1. The molecule has 0 radical (unpaired) electrons. The number of benzene rings is 2. The molecule has 1 N–H and O–H groups in total. The van der Waals surface area contributed by atoms with E-state index in [9.17, 15) is 18.0 Å². The Morgan fingerprint density at radius 3 is 2.61 bits per heavy atom. The minimum absolute atomic E-state index is 0.484. The monoisotopic (exact) mass is 396 g/mol. The predicted octanol–water partition coefficient (Wildman–Crippen LogP) is 3.89. The highest BCUT2D eigenvalue weighted by atomic mass is 19.2. The van der Waals surface area contributed by atoms with E-state index in [1.165, 1.54) is 20.2 Å². The highest BCUT2D eigenvalue weighted by Crippen LogP contribution is 2.27. The molecule has 0 heterocycles. The molecule has 9 heteroatoms. The topological polar surface area (TPSA) is 69.2 Å². The normalized spacial score (nSPS) is 11.9. The molecule has 0 bridgehead atoms. The lowest BCUT2D eigenvalue weighted by atomic mass is 10.2. The first-order valence-electron chi connectivity index (χ1n) is 8.31. The minimum Gasteiger partial charge on any atom is -0.493 e. The summed E-state index contributed by atoms with van der Waals surface area (Å²) in [6.07, 6.45) is 0.230. The number of anilines is 1. The van der Waals surface area contributed by atoms with Crippen LogP contribution < -0.4 is 14.8 Å². The first-order valence-corrected chi connectivity index (χ1v) is 8.31. The van der Waals surface area contributed by atoms with Crippen molar-refractivity contribution >= 4 is 17.8 Å². The Kier molecular flexibility index (Phi) is 7.25. The van der Waals surface area contributed by atoms with Crippen molar-refractivity contribution in [3.05, 3.63) is 53.3 Å². The zero-order valence-corrected chi connectivity index (χ0v) is 15.5. The van der Waals surface area contributed by atoms with Crippen LogP contribution in [0.5, 0.6) is 11.5 Å². The minimum atomic E-state index is -1.67. The molecule has 2 aromatic rings. The summed E-state index contributed by atoms with van der Waals surface area (Å²) in [7, 11) is 1.50. The number of hydrogen-bond acceptors (Lipinski definition) is 5. The Labute approximate surface area is 159 Å². The van der Waals surface area contributed by atoms with Gasteiger partial charge in [0.1, 0.15) is 0 Å². The molecule has 0 aromatic heterocycles. The van der Waals surface area contributed by atoms with Gasteiger partial charge in [-0.3, -0.25) is 4.79 Å². The van der Waals surface area contributed by atoms with Gasteiger partial charge in [0, 0.05) is 5.56 Å². The molecule has 2 aromatic carbocycles. The molecule has 0 unspecified atom stereocenters. The third-order valence-electron chi connectivity index (χ3n) is 3.57. The zero-order valence-electron chi connectivity index (χ0n) is 15.5. The number of nitrogens with one attached hydrogen (secondary N) is 1. The van der Waals surface area contributed by atoms with Crippen LogP contribution in [0.2, 0.25) is 0 Å². The lowest BCUT2D eigenvalue weighted by molar-refractivity contribution is -0.126. The van der Waals surface area contributed by atoms with Gasteiger partial charge in [0.2, 0.25) is 6.10 Å². The van der Waals surface area contributed by atoms with Crippen LogP contribution >= 0.6 is 0 Å². The molecule has 150 valence electrons. The Hall–Kier alpha value is -3.23. The number of amides is 1. The summed E-state index contributed by atoms with van der Waals surface area (Å²) in [5, 5.41) is 5.81. The van der Waals surface area contributed by atoms with E-state index in [0.29, 0.717) is 29.7 Å². The van der Waals surface area contributed by atoms with Crippen LogP contribution in [0.4, 0.5) is 18.9 Å². The molecule has 0 aliphatic heterocycles. The van der Waals surface area contributed by atoms with E-state index in [1.807, 2.05) is 6.92 Å². The lowest BCUT2D eigenvalue weighted by Crippen LogP contribution is -2.27. The van der Waals surface area contributed by atoms with Crippen molar-refractivity contribution < 1.29 is 32.3 Å². The largest absolute Gasteiger partial charge is 0.493 e. The molecule has 0 aliphatic carbocycles. The van der Waals surface area contributed by atoms with E-state index in [4.69, 9.17) is 14.3 Å². The SMILES string of the molecule is CCOc1ccc(/C=N\O[C@H](C)C(=O)Nc2ccc(F)c(F)c2F)cc1OC. The average molecular weight is 396 g/mol. The van der Waals surface area contributed by atoms with Gasteiger partial charge in [-0.2, -0.15) is 0 Å². The Morgan fingerprint density at radius 1 is 1.18 bits per heavy atom. The molecule has 6 nitrogen and oxygen atoms in total. The summed E-state index contributed by atoms with van der Waals surface area (Å²) in [6.45, 7) is 3.70. The second-order valence-electron chi connectivity index (χ2n) is 5.54. The molecule has 0 saturated heterocycles. The third kappa shape index (κ3) is 5.15. The van der Waals surface area contributed by atoms with Crippen molar-refractivity contribution in [2.45, 2.75) is 20.0 Å². The van der Waals surface area contributed by atoms with Gasteiger partial charge in [-0.15, -0.1) is 0 Å². The second kappa shape index (κ2) is 9.63. The van der Waals surface area contributed by atoms with Crippen molar-refractivity contribution in [3.8, 4) is 11.5 Å². The van der Waals surface area contributed by atoms with Crippen molar-refractivity contribution in [2.75, 3.05) is 19.0 Å². The van der Waals surface area contributed by atoms with E-state index >= 15 is 0 Å². The molecule has 1 amide bonds. The van der Waals surface area contributed by atoms with Crippen molar-refractivity contribution in [1.29, 1.82) is 0 Å². The summed E-state index contributed by atoms with van der Waals surface area (Å²) in [5.74, 6) is -4.23. The van der Waals surface area contributed by atoms with Crippen LogP contribution in [-0.2, 0) is 9.63 Å². The smallest absolute Gasteiger partial charge is 0.268 e. The van der Waals surface area contributed by atoms with Crippen LogP contribution in [0.3, 0.4) is 0 Å². The number of nitrogens with zero attached hydrogens (tertiary/aromatic N) is 1. The van der Waals surface area contributed by atoms with Gasteiger partial charge in [-0.05, 0) is 44.2 Å². The van der Waals surface area contributed by atoms with Crippen LogP contribution in [0.25, 0.3) is 0 Å². The summed E-state index contributed by atoms with van der Waals surface area (Å²) in [4.78, 5) is 17.0. The highest BCUT2D eigenvalue weighted by Gasteiger charge is 2.19. The van der Waals surface area contributed by atoms with Gasteiger partial charge in [-0.1, -0.05) is 5.16 Å². The van der Waals surface area contributed by atoms with Gasteiger partial charge < -0.3 is 19.6 Å². The average Bonchev–Trinajstić information content (AvgIpc) is 2.69. The number of halogens is 3. The van der Waals surface area contributed by atoms with Crippen LogP contribution in [0.1, 0.15) is 19.4 Å². The number of rotatable bonds is 8. The molecule has 0 spiro atoms. The molecule has 1 atom stereocenters. The Bertz CT molecular complexity index is 874. The van der Waals surface area contributed by atoms with E-state index in [0.717, 1.165) is 6.07 Å². The number of hydrogen-bond donors (Lipinski definition) is 1. The maximum atomic E-state index is 13.6. The molecule has 0 saturated carbocycles. The van der Waals surface area contributed by atoms with Gasteiger partial charge in [0.05, 0.1) is 25.6 Å². The third-order valence-corrected chi connectivity index (χ3v) is 3.57. The second-order valence-corrected chi connectivity index (χ2v) is 5.54. The Balaban J connectivity index is 1.98. The van der Waals surface area contributed by atoms with Crippen LogP contribution in [0.15, 0.2) is 35.5 Å². The molecular formula is C19H19F3N2O4. The quantitative estimate of drug-likeness (QED) is 0.418. The number of oxime groups is 1. The number of ether oxygens (including phenoxy) is 2. The summed E-state index contributed by atoms with van der Waals surface area (Å²) in [6, 6.07) is 6.69. The van der Waals surface area contributed by atoms with E-state index < -0.39 is 35.2 Å². The van der Waals surface area contributed by atoms with E-state index in [-0.39, 0.29) is 0 Å². The fraction of sp³-hybridized carbons (Fsp3) is 0.263. The van der Waals surface area contributed by atoms with Crippen LogP contribution in [-0.4, -0.2) is 31.9 Å². The summed E-state index contributed by atoms with van der Waals surface area (Å²) in [5.41, 5.74) is 0.124. The molecule has 0 aliphatic rings. The molecule has 0 fully saturated rings. The van der Waals surface area contributed by atoms with Gasteiger partial charge in [0.15, 0.2) is 29.0 Å². The van der Waals surface area contributed by atoms with Crippen LogP contribution in [0, 0.1) is 17.5 Å². The molecule has 28 heavy (non-hydrogen) atoms. The zero-order chi connectivity index (χ0) is 20.7. The van der Waals surface area contributed by atoms with Gasteiger partial charge in [-0.25, -0.2) is 13.2 Å².